The zero-order valence-electron chi connectivity index (χ0n) is 11.5. The maximum Gasteiger partial charge on any atom is 0.323 e. The van der Waals surface area contributed by atoms with E-state index in [1.54, 1.807) is 0 Å². The van der Waals surface area contributed by atoms with E-state index in [0.29, 0.717) is 6.54 Å². The largest absolute Gasteiger partial charge is 0.480 e. The van der Waals surface area contributed by atoms with Crippen LogP contribution < -0.4 is 5.32 Å². The molecule has 104 valence electrons. The molecule has 0 bridgehead atoms. The number of carbonyl (C=O) groups excluding carboxylic acids is 1. The molecule has 1 aliphatic rings. The van der Waals surface area contributed by atoms with Gasteiger partial charge in [-0.15, -0.1) is 0 Å². The van der Waals surface area contributed by atoms with Crippen LogP contribution in [0.2, 0.25) is 0 Å². The normalized spacial score (nSPS) is 25.5. The van der Waals surface area contributed by atoms with Gasteiger partial charge in [-0.25, -0.2) is 0 Å². The van der Waals surface area contributed by atoms with Crippen molar-refractivity contribution >= 4 is 11.9 Å². The van der Waals surface area contributed by atoms with Crippen molar-refractivity contribution in [3.8, 4) is 0 Å². The minimum absolute atomic E-state index is 0.0349. The summed E-state index contributed by atoms with van der Waals surface area (Å²) in [5.74, 6) is -0.984. The molecule has 0 aromatic heterocycles. The van der Waals surface area contributed by atoms with E-state index in [1.807, 2.05) is 20.8 Å². The van der Waals surface area contributed by atoms with Crippen LogP contribution in [0.4, 0.5) is 0 Å². The summed E-state index contributed by atoms with van der Waals surface area (Å²) in [4.78, 5) is 25.0. The molecule has 0 aromatic rings. The van der Waals surface area contributed by atoms with Gasteiger partial charge in [-0.3, -0.25) is 9.59 Å². The van der Waals surface area contributed by atoms with Crippen molar-refractivity contribution in [1.82, 2.24) is 10.2 Å². The molecule has 2 unspecified atom stereocenters. The third-order valence-corrected chi connectivity index (χ3v) is 3.80. The van der Waals surface area contributed by atoms with Gasteiger partial charge in [0, 0.05) is 12.6 Å². The molecule has 2 atom stereocenters. The van der Waals surface area contributed by atoms with Crippen molar-refractivity contribution in [2.45, 2.75) is 46.1 Å². The SMILES string of the molecule is CCC(C)N(CC(=O)O)C(=O)C1(C)CCCNC1. The van der Waals surface area contributed by atoms with E-state index in [-0.39, 0.29) is 18.5 Å². The standard InChI is InChI=1S/C13H24N2O3/c1-4-10(2)15(8-11(16)17)12(18)13(3)6-5-7-14-9-13/h10,14H,4-9H2,1-3H3,(H,16,17). The van der Waals surface area contributed by atoms with Gasteiger partial charge >= 0.3 is 5.97 Å². The highest BCUT2D eigenvalue weighted by Gasteiger charge is 2.39. The molecule has 0 saturated carbocycles. The lowest BCUT2D eigenvalue weighted by molar-refractivity contribution is -0.152. The second-order valence-electron chi connectivity index (χ2n) is 5.43. The Kier molecular flexibility index (Phi) is 5.14. The van der Waals surface area contributed by atoms with Gasteiger partial charge in [0.05, 0.1) is 5.41 Å². The first-order chi connectivity index (χ1) is 8.40. The smallest absolute Gasteiger partial charge is 0.323 e. The molecule has 0 spiro atoms. The van der Waals surface area contributed by atoms with E-state index in [2.05, 4.69) is 5.32 Å². The van der Waals surface area contributed by atoms with E-state index < -0.39 is 11.4 Å². The van der Waals surface area contributed by atoms with Crippen molar-refractivity contribution in [3.63, 3.8) is 0 Å². The lowest BCUT2D eigenvalue weighted by Crippen LogP contribution is -2.53. The van der Waals surface area contributed by atoms with Crippen molar-refractivity contribution in [1.29, 1.82) is 0 Å². The highest BCUT2D eigenvalue weighted by molar-refractivity contribution is 5.86. The lowest BCUT2D eigenvalue weighted by atomic mass is 9.81. The molecule has 1 fully saturated rings. The minimum Gasteiger partial charge on any atom is -0.480 e. The van der Waals surface area contributed by atoms with E-state index in [9.17, 15) is 9.59 Å². The third kappa shape index (κ3) is 3.45. The number of amides is 1. The molecule has 5 heteroatoms. The topological polar surface area (TPSA) is 69.6 Å². The van der Waals surface area contributed by atoms with Crippen LogP contribution in [-0.4, -0.2) is 47.6 Å². The van der Waals surface area contributed by atoms with E-state index in [1.165, 1.54) is 4.90 Å². The van der Waals surface area contributed by atoms with Gasteiger partial charge in [0.25, 0.3) is 0 Å². The van der Waals surface area contributed by atoms with Crippen LogP contribution in [0.5, 0.6) is 0 Å². The summed E-state index contributed by atoms with van der Waals surface area (Å²) < 4.78 is 0. The first-order valence-electron chi connectivity index (χ1n) is 6.64. The number of aliphatic carboxylic acids is 1. The molecule has 5 nitrogen and oxygen atoms in total. The lowest BCUT2D eigenvalue weighted by Gasteiger charge is -2.39. The number of hydrogen-bond donors (Lipinski definition) is 2. The number of carboxylic acids is 1. The number of carbonyl (C=O) groups is 2. The molecule has 1 amide bonds. The molecule has 0 radical (unpaired) electrons. The molecule has 1 saturated heterocycles. The van der Waals surface area contributed by atoms with Gasteiger partial charge in [-0.2, -0.15) is 0 Å². The Morgan fingerprint density at radius 1 is 1.50 bits per heavy atom. The summed E-state index contributed by atoms with van der Waals surface area (Å²) in [6, 6.07) is -0.0349. The zero-order valence-corrected chi connectivity index (χ0v) is 11.5. The van der Waals surface area contributed by atoms with E-state index in [4.69, 9.17) is 5.11 Å². The molecule has 0 aromatic carbocycles. The highest BCUT2D eigenvalue weighted by Crippen LogP contribution is 2.29. The third-order valence-electron chi connectivity index (χ3n) is 3.80. The van der Waals surface area contributed by atoms with E-state index in [0.717, 1.165) is 25.8 Å². The van der Waals surface area contributed by atoms with Crippen molar-refractivity contribution in [2.24, 2.45) is 5.41 Å². The van der Waals surface area contributed by atoms with Crippen LogP contribution in [0.25, 0.3) is 0 Å². The molecular weight excluding hydrogens is 232 g/mol. The zero-order chi connectivity index (χ0) is 13.8. The summed E-state index contributed by atoms with van der Waals surface area (Å²) in [6.07, 6.45) is 2.55. The number of carboxylic acid groups (broad SMARTS) is 1. The first-order valence-corrected chi connectivity index (χ1v) is 6.64. The summed E-state index contributed by atoms with van der Waals surface area (Å²) in [5.41, 5.74) is -0.461. The second-order valence-corrected chi connectivity index (χ2v) is 5.43. The summed E-state index contributed by atoms with van der Waals surface area (Å²) in [7, 11) is 0. The number of nitrogens with zero attached hydrogens (tertiary/aromatic N) is 1. The molecule has 0 aliphatic carbocycles. The van der Waals surface area contributed by atoms with Crippen LogP contribution in [0, 0.1) is 5.41 Å². The number of rotatable bonds is 5. The molecule has 1 aliphatic heterocycles. The van der Waals surface area contributed by atoms with Gasteiger partial charge in [-0.1, -0.05) is 6.92 Å². The van der Waals surface area contributed by atoms with Crippen LogP contribution in [0.3, 0.4) is 0 Å². The highest BCUT2D eigenvalue weighted by atomic mass is 16.4. The van der Waals surface area contributed by atoms with Crippen molar-refractivity contribution in [3.05, 3.63) is 0 Å². The monoisotopic (exact) mass is 256 g/mol. The Morgan fingerprint density at radius 2 is 2.17 bits per heavy atom. The van der Waals surface area contributed by atoms with Crippen LogP contribution in [0.1, 0.15) is 40.0 Å². The Labute approximate surface area is 109 Å². The Bertz CT molecular complexity index is 311. The average Bonchev–Trinajstić information content (AvgIpc) is 2.35. The van der Waals surface area contributed by atoms with Crippen LogP contribution in [0.15, 0.2) is 0 Å². The van der Waals surface area contributed by atoms with Crippen LogP contribution >= 0.6 is 0 Å². The molecule has 1 heterocycles. The summed E-state index contributed by atoms with van der Waals surface area (Å²) >= 11 is 0. The Morgan fingerprint density at radius 3 is 2.61 bits per heavy atom. The van der Waals surface area contributed by atoms with Gasteiger partial charge in [-0.05, 0) is 39.7 Å². The fourth-order valence-electron chi connectivity index (χ4n) is 2.38. The maximum atomic E-state index is 12.6. The molecule has 1 rings (SSSR count). The fourth-order valence-corrected chi connectivity index (χ4v) is 2.38. The Balaban J connectivity index is 2.83. The molecule has 2 N–H and O–H groups in total. The molecule has 18 heavy (non-hydrogen) atoms. The minimum atomic E-state index is -0.948. The summed E-state index contributed by atoms with van der Waals surface area (Å²) in [5, 5.41) is 12.2. The first kappa shape index (κ1) is 15.0. The quantitative estimate of drug-likeness (QED) is 0.772. The van der Waals surface area contributed by atoms with Gasteiger partial charge < -0.3 is 15.3 Å². The fraction of sp³-hybridized carbons (Fsp3) is 0.846. The number of hydrogen-bond acceptors (Lipinski definition) is 3. The van der Waals surface area contributed by atoms with Crippen molar-refractivity contribution in [2.75, 3.05) is 19.6 Å². The number of piperidine rings is 1. The number of nitrogens with one attached hydrogen (secondary N) is 1. The second kappa shape index (κ2) is 6.18. The van der Waals surface area contributed by atoms with Crippen LogP contribution in [-0.2, 0) is 9.59 Å². The predicted molar refractivity (Wildman–Crippen MR) is 69.3 cm³/mol. The molecular formula is C13H24N2O3. The predicted octanol–water partition coefficient (Wildman–Crippen LogP) is 1.09. The maximum absolute atomic E-state index is 12.6. The Hall–Kier alpha value is -1.10. The van der Waals surface area contributed by atoms with Gasteiger partial charge in [0.1, 0.15) is 6.54 Å². The van der Waals surface area contributed by atoms with Gasteiger partial charge in [0.2, 0.25) is 5.91 Å². The van der Waals surface area contributed by atoms with E-state index >= 15 is 0 Å². The van der Waals surface area contributed by atoms with Crippen molar-refractivity contribution < 1.29 is 14.7 Å². The summed E-state index contributed by atoms with van der Waals surface area (Å²) in [6.45, 7) is 7.17. The van der Waals surface area contributed by atoms with Gasteiger partial charge in [0.15, 0.2) is 0 Å². The average molecular weight is 256 g/mol.